The van der Waals surface area contributed by atoms with Gasteiger partial charge in [0.15, 0.2) is 0 Å². The third-order valence-corrected chi connectivity index (χ3v) is 14.0. The maximum Gasteiger partial charge on any atom is 0.0547 e. The Hall–Kier alpha value is -9.24. The fourth-order valence-electron chi connectivity index (χ4n) is 10.5. The van der Waals surface area contributed by atoms with Crippen LogP contribution in [0.5, 0.6) is 0 Å². The van der Waals surface area contributed by atoms with Crippen LogP contribution in [0.1, 0.15) is 0 Å². The maximum atomic E-state index is 2.42. The van der Waals surface area contributed by atoms with Gasteiger partial charge in [0.05, 0.1) is 11.0 Å². The van der Waals surface area contributed by atoms with Crippen molar-refractivity contribution in [3.05, 3.63) is 279 Å². The van der Waals surface area contributed by atoms with Gasteiger partial charge in [-0.2, -0.15) is 0 Å². The third-order valence-electron chi connectivity index (χ3n) is 14.0. The zero-order chi connectivity index (χ0) is 46.4. The fraction of sp³-hybridized carbons (Fsp3) is 0. The summed E-state index contributed by atoms with van der Waals surface area (Å²) < 4.78 is 2.42. The molecule has 2 nitrogen and oxygen atoms in total. The molecule has 328 valence electrons. The summed E-state index contributed by atoms with van der Waals surface area (Å²) in [4.78, 5) is 2.39. The molecule has 0 aliphatic rings. The Morgan fingerprint density at radius 1 is 0.243 bits per heavy atom. The predicted molar refractivity (Wildman–Crippen MR) is 298 cm³/mol. The highest BCUT2D eigenvalue weighted by Crippen LogP contribution is 2.43. The van der Waals surface area contributed by atoms with Crippen molar-refractivity contribution in [2.45, 2.75) is 0 Å². The normalized spacial score (nSPS) is 11.4. The second kappa shape index (κ2) is 17.4. The molecule has 70 heavy (non-hydrogen) atoms. The number of rotatable bonds is 9. The number of aromatic nitrogens is 1. The van der Waals surface area contributed by atoms with Crippen molar-refractivity contribution >= 4 is 60.4 Å². The largest absolute Gasteiger partial charge is 0.310 e. The summed E-state index contributed by atoms with van der Waals surface area (Å²) in [5.74, 6) is 0. The van der Waals surface area contributed by atoms with Gasteiger partial charge in [-0.25, -0.2) is 0 Å². The molecule has 0 aliphatic carbocycles. The first-order chi connectivity index (χ1) is 34.7. The number of benzene rings is 12. The number of fused-ring (bicyclic) bond motifs is 5. The minimum atomic E-state index is 1.08. The standard InChI is InChI=1S/C68H46N2/c1-3-14-47(15-4-1)48-28-30-49(31-29-48)51-36-40-59(41-37-51)69(60-42-38-52(39-43-60)50-32-34-54(35-33-50)63-25-12-19-53-16-9-10-24-62(53)63)61-23-11-20-57(44-61)64-26-13-27-66-68(64)65-45-55-17-7-8-18-56(55)46-67(65)70(66)58-21-5-2-6-22-58/h1-46H. The van der Waals surface area contributed by atoms with Crippen LogP contribution < -0.4 is 4.90 Å². The second-order valence-electron chi connectivity index (χ2n) is 18.1. The van der Waals surface area contributed by atoms with Crippen molar-refractivity contribution < 1.29 is 0 Å². The molecule has 0 N–H and O–H groups in total. The van der Waals surface area contributed by atoms with Crippen LogP contribution in [0, 0.1) is 0 Å². The van der Waals surface area contributed by atoms with E-state index in [4.69, 9.17) is 0 Å². The Morgan fingerprint density at radius 3 is 1.34 bits per heavy atom. The Bertz CT molecular complexity index is 4000. The summed E-state index contributed by atoms with van der Waals surface area (Å²) >= 11 is 0. The molecule has 2 heteroatoms. The van der Waals surface area contributed by atoms with E-state index >= 15 is 0 Å². The lowest BCUT2D eigenvalue weighted by molar-refractivity contribution is 1.18. The van der Waals surface area contributed by atoms with E-state index < -0.39 is 0 Å². The van der Waals surface area contributed by atoms with Gasteiger partial charge in [-0.15, -0.1) is 0 Å². The van der Waals surface area contributed by atoms with Crippen LogP contribution in [0.25, 0.3) is 105 Å². The van der Waals surface area contributed by atoms with Crippen LogP contribution in [-0.4, -0.2) is 4.57 Å². The second-order valence-corrected chi connectivity index (χ2v) is 18.1. The highest BCUT2D eigenvalue weighted by atomic mass is 15.1. The van der Waals surface area contributed by atoms with Crippen LogP contribution in [0.2, 0.25) is 0 Å². The Balaban J connectivity index is 0.908. The lowest BCUT2D eigenvalue weighted by Crippen LogP contribution is -2.10. The highest BCUT2D eigenvalue weighted by Gasteiger charge is 2.20. The van der Waals surface area contributed by atoms with E-state index in [9.17, 15) is 0 Å². The molecule has 0 radical (unpaired) electrons. The molecule has 0 amide bonds. The Labute approximate surface area is 408 Å². The molecule has 1 aromatic heterocycles. The van der Waals surface area contributed by atoms with Gasteiger partial charge in [-0.3, -0.25) is 0 Å². The highest BCUT2D eigenvalue weighted by molar-refractivity contribution is 6.18. The molecule has 0 fully saturated rings. The molecule has 0 aliphatic heterocycles. The van der Waals surface area contributed by atoms with E-state index in [1.54, 1.807) is 0 Å². The van der Waals surface area contributed by atoms with E-state index in [1.807, 2.05) is 0 Å². The Morgan fingerprint density at radius 2 is 0.700 bits per heavy atom. The SMILES string of the molecule is c1ccc(-c2ccc(-c3ccc(N(c4ccc(-c5ccc(-c6cccc7ccccc67)cc5)cc4)c4cccc(-c5cccc6c5c5cc7ccccc7cc5n6-c5ccccc5)c4)cc3)cc2)cc1. The van der Waals surface area contributed by atoms with Crippen molar-refractivity contribution in [3.8, 4) is 61.3 Å². The average Bonchev–Trinajstić information content (AvgIpc) is 3.76. The number of anilines is 3. The molecular weight excluding hydrogens is 845 g/mol. The fourth-order valence-corrected chi connectivity index (χ4v) is 10.5. The van der Waals surface area contributed by atoms with Gasteiger partial charge in [0.2, 0.25) is 0 Å². The summed E-state index contributed by atoms with van der Waals surface area (Å²) in [5.41, 5.74) is 18.7. The summed E-state index contributed by atoms with van der Waals surface area (Å²) in [6.07, 6.45) is 0. The van der Waals surface area contributed by atoms with E-state index in [0.717, 1.165) is 28.3 Å². The smallest absolute Gasteiger partial charge is 0.0547 e. The summed E-state index contributed by atoms with van der Waals surface area (Å²) in [7, 11) is 0. The van der Waals surface area contributed by atoms with Gasteiger partial charge in [-0.1, -0.05) is 212 Å². The topological polar surface area (TPSA) is 8.17 Å². The maximum absolute atomic E-state index is 2.42. The van der Waals surface area contributed by atoms with Crippen molar-refractivity contribution in [2.24, 2.45) is 0 Å². The molecule has 13 aromatic rings. The number of nitrogens with zero attached hydrogens (tertiary/aromatic N) is 2. The summed E-state index contributed by atoms with van der Waals surface area (Å²) in [6, 6.07) is 102. The van der Waals surface area contributed by atoms with Crippen molar-refractivity contribution in [2.75, 3.05) is 4.90 Å². The van der Waals surface area contributed by atoms with Crippen molar-refractivity contribution in [1.82, 2.24) is 4.57 Å². The molecule has 0 saturated heterocycles. The number of hydrogen-bond acceptors (Lipinski definition) is 1. The predicted octanol–water partition coefficient (Wildman–Crippen LogP) is 18.9. The van der Waals surface area contributed by atoms with Crippen molar-refractivity contribution in [1.29, 1.82) is 0 Å². The van der Waals surface area contributed by atoms with Crippen LogP contribution in [0.3, 0.4) is 0 Å². The van der Waals surface area contributed by atoms with Crippen LogP contribution in [-0.2, 0) is 0 Å². The summed E-state index contributed by atoms with van der Waals surface area (Å²) in [6.45, 7) is 0. The van der Waals surface area contributed by atoms with E-state index in [-0.39, 0.29) is 0 Å². The molecule has 1 heterocycles. The lowest BCUT2D eigenvalue weighted by atomic mass is 9.96. The van der Waals surface area contributed by atoms with Crippen LogP contribution in [0.15, 0.2) is 279 Å². The molecule has 12 aromatic carbocycles. The first kappa shape index (κ1) is 41.0. The monoisotopic (exact) mass is 890 g/mol. The minimum absolute atomic E-state index is 1.08. The Kier molecular flexibility index (Phi) is 10.2. The van der Waals surface area contributed by atoms with Gasteiger partial charge < -0.3 is 9.47 Å². The summed E-state index contributed by atoms with van der Waals surface area (Å²) in [5, 5.41) is 7.47. The third kappa shape index (κ3) is 7.40. The quantitative estimate of drug-likeness (QED) is 0.140. The minimum Gasteiger partial charge on any atom is -0.310 e. The first-order valence-corrected chi connectivity index (χ1v) is 24.1. The van der Waals surface area contributed by atoms with Gasteiger partial charge in [0.25, 0.3) is 0 Å². The molecule has 0 saturated carbocycles. The number of para-hydroxylation sites is 1. The molecule has 0 unspecified atom stereocenters. The van der Waals surface area contributed by atoms with Gasteiger partial charge >= 0.3 is 0 Å². The molecule has 0 bridgehead atoms. The van der Waals surface area contributed by atoms with Crippen LogP contribution in [0.4, 0.5) is 17.1 Å². The van der Waals surface area contributed by atoms with Gasteiger partial charge in [0.1, 0.15) is 0 Å². The molecule has 0 spiro atoms. The van der Waals surface area contributed by atoms with Gasteiger partial charge in [-0.05, 0) is 144 Å². The lowest BCUT2D eigenvalue weighted by Gasteiger charge is -2.26. The molecule has 0 atom stereocenters. The molecule has 13 rings (SSSR count). The van der Waals surface area contributed by atoms with E-state index in [2.05, 4.69) is 289 Å². The zero-order valence-electron chi connectivity index (χ0n) is 38.5. The molecular formula is C68H46N2. The van der Waals surface area contributed by atoms with Crippen LogP contribution >= 0.6 is 0 Å². The average molecular weight is 891 g/mol. The van der Waals surface area contributed by atoms with E-state index in [0.29, 0.717) is 0 Å². The zero-order valence-corrected chi connectivity index (χ0v) is 38.5. The first-order valence-electron chi connectivity index (χ1n) is 24.1. The van der Waals surface area contributed by atoms with Gasteiger partial charge in [0, 0.05) is 33.5 Å². The van der Waals surface area contributed by atoms with Crippen molar-refractivity contribution in [3.63, 3.8) is 0 Å². The van der Waals surface area contributed by atoms with E-state index in [1.165, 1.54) is 93.4 Å². The number of hydrogen-bond donors (Lipinski definition) is 0.